The molecule has 1 aromatic carbocycles. The second-order valence-electron chi connectivity index (χ2n) is 8.60. The molecule has 0 bridgehead atoms. The third kappa shape index (κ3) is 5.22. The molecule has 0 saturated heterocycles. The minimum atomic E-state index is -1.21. The highest BCUT2D eigenvalue weighted by molar-refractivity contribution is 6.06. The number of benzene rings is 1. The molecule has 2 amide bonds. The fourth-order valence-corrected chi connectivity index (χ4v) is 3.88. The largest absolute Gasteiger partial charge is 0.497 e. The maximum Gasteiger partial charge on any atom is 0.359 e. The number of methoxy groups -OCH3 is 2. The van der Waals surface area contributed by atoms with Crippen LogP contribution in [0.25, 0.3) is 0 Å². The number of nitrogens with zero attached hydrogens (tertiary/aromatic N) is 3. The number of carbonyl (C=O) groups excluding carboxylic acids is 3. The number of ether oxygens (including phenoxy) is 3. The lowest BCUT2D eigenvalue weighted by molar-refractivity contribution is -0.133. The van der Waals surface area contributed by atoms with E-state index in [9.17, 15) is 14.4 Å². The van der Waals surface area contributed by atoms with Crippen LogP contribution in [0, 0.1) is 0 Å². The van der Waals surface area contributed by atoms with Gasteiger partial charge in [0.25, 0.3) is 5.91 Å². The molecule has 0 aliphatic carbocycles. The molecule has 0 saturated carbocycles. The average Bonchev–Trinajstić information content (AvgIpc) is 3.24. The van der Waals surface area contributed by atoms with Crippen molar-refractivity contribution in [3.8, 4) is 5.75 Å². The van der Waals surface area contributed by atoms with E-state index in [1.54, 1.807) is 30.7 Å². The van der Waals surface area contributed by atoms with Crippen LogP contribution in [0.1, 0.15) is 53.7 Å². The van der Waals surface area contributed by atoms with Crippen LogP contribution in [0.4, 0.5) is 0 Å². The van der Waals surface area contributed by atoms with E-state index >= 15 is 0 Å². The van der Waals surface area contributed by atoms with Crippen LogP contribution in [0.5, 0.6) is 5.75 Å². The summed E-state index contributed by atoms with van der Waals surface area (Å²) in [6.07, 6.45) is 2.16. The number of amides is 2. The van der Waals surface area contributed by atoms with Gasteiger partial charge in [0.1, 0.15) is 17.0 Å². The Kier molecular flexibility index (Phi) is 7.93. The Hall–Kier alpha value is -3.40. The zero-order chi connectivity index (χ0) is 24.9. The summed E-state index contributed by atoms with van der Waals surface area (Å²) in [6.45, 7) is 6.87. The van der Waals surface area contributed by atoms with E-state index in [1.807, 2.05) is 26.0 Å². The molecule has 2 aromatic rings. The van der Waals surface area contributed by atoms with Gasteiger partial charge in [0.15, 0.2) is 5.69 Å². The highest BCUT2D eigenvalue weighted by Gasteiger charge is 2.48. The lowest BCUT2D eigenvalue weighted by Crippen LogP contribution is -2.63. The summed E-state index contributed by atoms with van der Waals surface area (Å²) < 4.78 is 17.1. The fourth-order valence-electron chi connectivity index (χ4n) is 3.88. The van der Waals surface area contributed by atoms with Crippen molar-refractivity contribution in [2.24, 2.45) is 0 Å². The first-order chi connectivity index (χ1) is 16.2. The number of nitrogens with one attached hydrogen (secondary N) is 1. The number of imidazole rings is 1. The van der Waals surface area contributed by atoms with Crippen molar-refractivity contribution in [1.29, 1.82) is 0 Å². The number of hydrogen-bond donors (Lipinski definition) is 1. The quantitative estimate of drug-likeness (QED) is 0.416. The van der Waals surface area contributed by atoms with Crippen LogP contribution in [0.3, 0.4) is 0 Å². The van der Waals surface area contributed by atoms with E-state index in [0.29, 0.717) is 25.3 Å². The lowest BCUT2D eigenvalue weighted by atomic mass is 9.93. The van der Waals surface area contributed by atoms with Gasteiger partial charge in [0.05, 0.1) is 33.2 Å². The molecule has 0 radical (unpaired) electrons. The SMILES string of the molecule is COC(=O)c1ncn2c1C(=O)N(Cc1ccc(OC)cc1)[C@@](C)(C(=O)NCCCOC(C)C)C2. The summed E-state index contributed by atoms with van der Waals surface area (Å²) in [4.78, 5) is 44.8. The monoisotopic (exact) mass is 472 g/mol. The van der Waals surface area contributed by atoms with E-state index in [0.717, 1.165) is 5.56 Å². The molecule has 10 heteroatoms. The molecular formula is C24H32N4O6. The average molecular weight is 473 g/mol. The Morgan fingerprint density at radius 3 is 2.53 bits per heavy atom. The first kappa shape index (κ1) is 25.2. The third-order valence-corrected chi connectivity index (χ3v) is 5.78. The normalized spacial score (nSPS) is 17.5. The second kappa shape index (κ2) is 10.7. The van der Waals surface area contributed by atoms with Crippen LogP contribution in [0.15, 0.2) is 30.6 Å². The van der Waals surface area contributed by atoms with Gasteiger partial charge < -0.3 is 29.0 Å². The minimum absolute atomic E-state index is 0.0690. The Labute approximate surface area is 199 Å². The zero-order valence-corrected chi connectivity index (χ0v) is 20.3. The van der Waals surface area contributed by atoms with Crippen LogP contribution in [-0.2, 0) is 27.4 Å². The molecule has 0 spiro atoms. The zero-order valence-electron chi connectivity index (χ0n) is 20.3. The molecule has 1 N–H and O–H groups in total. The number of hydrogen-bond acceptors (Lipinski definition) is 7. The Morgan fingerprint density at radius 2 is 1.91 bits per heavy atom. The number of carbonyl (C=O) groups is 3. The molecule has 34 heavy (non-hydrogen) atoms. The van der Waals surface area contributed by atoms with Gasteiger partial charge in [-0.1, -0.05) is 12.1 Å². The molecule has 2 heterocycles. The van der Waals surface area contributed by atoms with Crippen molar-refractivity contribution in [3.05, 3.63) is 47.5 Å². The Morgan fingerprint density at radius 1 is 1.21 bits per heavy atom. The number of fused-ring (bicyclic) bond motifs is 1. The maximum atomic E-state index is 13.7. The molecular weight excluding hydrogens is 440 g/mol. The highest BCUT2D eigenvalue weighted by atomic mass is 16.5. The van der Waals surface area contributed by atoms with Crippen molar-refractivity contribution in [3.63, 3.8) is 0 Å². The summed E-state index contributed by atoms with van der Waals surface area (Å²) >= 11 is 0. The molecule has 184 valence electrons. The first-order valence-corrected chi connectivity index (χ1v) is 11.2. The van der Waals surface area contributed by atoms with Crippen molar-refractivity contribution in [2.45, 2.75) is 51.9 Å². The number of esters is 1. The third-order valence-electron chi connectivity index (χ3n) is 5.78. The standard InChI is InChI=1S/C24H32N4O6/c1-16(2)34-12-6-11-25-23(31)24(3)14-27-15-26-19(22(30)33-5)20(27)21(29)28(24)13-17-7-9-18(32-4)10-8-17/h7-10,15-16H,6,11-14H2,1-5H3,(H,25,31)/t24-/m1/s1. The van der Waals surface area contributed by atoms with Gasteiger partial charge in [-0.05, 0) is 44.9 Å². The van der Waals surface area contributed by atoms with E-state index < -0.39 is 17.4 Å². The van der Waals surface area contributed by atoms with Gasteiger partial charge in [-0.2, -0.15) is 0 Å². The maximum absolute atomic E-state index is 13.7. The van der Waals surface area contributed by atoms with Crippen molar-refractivity contribution in [1.82, 2.24) is 19.8 Å². The van der Waals surface area contributed by atoms with Gasteiger partial charge in [-0.3, -0.25) is 9.59 Å². The van der Waals surface area contributed by atoms with Gasteiger partial charge in [0, 0.05) is 19.7 Å². The number of aromatic nitrogens is 2. The topological polar surface area (TPSA) is 112 Å². The molecule has 1 atom stereocenters. The first-order valence-electron chi connectivity index (χ1n) is 11.2. The number of rotatable bonds is 10. The predicted octanol–water partition coefficient (Wildman–Crippen LogP) is 2.02. The summed E-state index contributed by atoms with van der Waals surface area (Å²) in [7, 11) is 2.81. The molecule has 3 rings (SSSR count). The predicted molar refractivity (Wildman–Crippen MR) is 124 cm³/mol. The van der Waals surface area contributed by atoms with Crippen LogP contribution in [-0.4, -0.2) is 71.2 Å². The summed E-state index contributed by atoms with van der Waals surface area (Å²) in [5, 5.41) is 2.93. The summed E-state index contributed by atoms with van der Waals surface area (Å²) in [6, 6.07) is 7.25. The Bertz CT molecular complexity index is 1030. The van der Waals surface area contributed by atoms with Crippen molar-refractivity contribution < 1.29 is 28.6 Å². The molecule has 1 aliphatic rings. The molecule has 0 fully saturated rings. The van der Waals surface area contributed by atoms with Gasteiger partial charge in [0.2, 0.25) is 5.91 Å². The second-order valence-corrected chi connectivity index (χ2v) is 8.60. The highest BCUT2D eigenvalue weighted by Crippen LogP contribution is 2.31. The van der Waals surface area contributed by atoms with Gasteiger partial charge in [-0.25, -0.2) is 9.78 Å². The van der Waals surface area contributed by atoms with Crippen molar-refractivity contribution >= 4 is 17.8 Å². The van der Waals surface area contributed by atoms with Crippen LogP contribution >= 0.6 is 0 Å². The smallest absolute Gasteiger partial charge is 0.359 e. The summed E-state index contributed by atoms with van der Waals surface area (Å²) in [5.74, 6) is -0.785. The van der Waals surface area contributed by atoms with E-state index in [1.165, 1.54) is 18.3 Å². The Balaban J connectivity index is 1.89. The van der Waals surface area contributed by atoms with Crippen LogP contribution < -0.4 is 10.1 Å². The summed E-state index contributed by atoms with van der Waals surface area (Å²) in [5.41, 5.74) is -0.362. The van der Waals surface area contributed by atoms with Gasteiger partial charge >= 0.3 is 5.97 Å². The van der Waals surface area contributed by atoms with E-state index in [4.69, 9.17) is 14.2 Å². The molecule has 1 aliphatic heterocycles. The van der Waals surface area contributed by atoms with Crippen LogP contribution in [0.2, 0.25) is 0 Å². The fraction of sp³-hybridized carbons (Fsp3) is 0.500. The molecule has 1 aromatic heterocycles. The lowest BCUT2D eigenvalue weighted by Gasteiger charge is -2.43. The van der Waals surface area contributed by atoms with Crippen molar-refractivity contribution in [2.75, 3.05) is 27.4 Å². The minimum Gasteiger partial charge on any atom is -0.497 e. The van der Waals surface area contributed by atoms with E-state index in [2.05, 4.69) is 10.3 Å². The van der Waals surface area contributed by atoms with Gasteiger partial charge in [-0.15, -0.1) is 0 Å². The van der Waals surface area contributed by atoms with E-state index in [-0.39, 0.29) is 36.5 Å². The molecule has 0 unspecified atom stereocenters. The molecule has 10 nitrogen and oxygen atoms in total.